The van der Waals surface area contributed by atoms with E-state index in [2.05, 4.69) is 15.3 Å². The Morgan fingerprint density at radius 3 is 2.00 bits per heavy atom. The number of anilines is 2. The van der Waals surface area contributed by atoms with E-state index in [1.165, 1.54) is 0 Å². The molecule has 0 unspecified atom stereocenters. The summed E-state index contributed by atoms with van der Waals surface area (Å²) >= 11 is 0. The van der Waals surface area contributed by atoms with Crippen molar-refractivity contribution < 1.29 is 18.0 Å². The molecule has 228 valence electrons. The fourth-order valence-electron chi connectivity index (χ4n) is 4.53. The zero-order valence-corrected chi connectivity index (χ0v) is 24.9. The first-order chi connectivity index (χ1) is 19.8. The van der Waals surface area contributed by atoms with Gasteiger partial charge in [0.1, 0.15) is 11.6 Å². The number of nitrogens with zero attached hydrogens (tertiary/aromatic N) is 5. The predicted octanol–water partition coefficient (Wildman–Crippen LogP) is 5.56. The Balaban J connectivity index is 0.000000419. The van der Waals surface area contributed by atoms with E-state index in [0.717, 1.165) is 70.3 Å². The molecule has 0 aliphatic carbocycles. The number of hydrogen-bond acceptors (Lipinski definition) is 7. The molecule has 0 bridgehead atoms. The number of amides is 1. The van der Waals surface area contributed by atoms with Crippen LogP contribution in [0, 0.1) is 17.2 Å². The molecule has 0 atom stereocenters. The zero-order chi connectivity index (χ0) is 30.7. The first-order valence-electron chi connectivity index (χ1n) is 14.7. The molecule has 2 aromatic rings. The fourth-order valence-corrected chi connectivity index (χ4v) is 4.53. The molecular formula is C30H46F3N7O. The topological polar surface area (TPSA) is 111 Å². The van der Waals surface area contributed by atoms with Gasteiger partial charge in [0.2, 0.25) is 12.2 Å². The van der Waals surface area contributed by atoms with Gasteiger partial charge in [0, 0.05) is 38.8 Å². The summed E-state index contributed by atoms with van der Waals surface area (Å²) in [5.74, 6) is 0.318. The van der Waals surface area contributed by atoms with Crippen LogP contribution in [-0.2, 0) is 17.4 Å². The summed E-state index contributed by atoms with van der Waals surface area (Å²) < 4.78 is 39.6. The van der Waals surface area contributed by atoms with Crippen molar-refractivity contribution in [2.24, 2.45) is 11.7 Å². The summed E-state index contributed by atoms with van der Waals surface area (Å²) in [6, 6.07) is 11.1. The lowest BCUT2D eigenvalue weighted by molar-refractivity contribution is -0.144. The quantitative estimate of drug-likeness (QED) is 0.312. The van der Waals surface area contributed by atoms with E-state index in [0.29, 0.717) is 42.6 Å². The van der Waals surface area contributed by atoms with Crippen LogP contribution < -0.4 is 20.9 Å². The molecule has 41 heavy (non-hydrogen) atoms. The Morgan fingerprint density at radius 1 is 1.00 bits per heavy atom. The minimum Gasteiger partial charge on any atom is -0.358 e. The third kappa shape index (κ3) is 12.3. The van der Waals surface area contributed by atoms with E-state index in [1.54, 1.807) is 18.2 Å². The highest BCUT2D eigenvalue weighted by Gasteiger charge is 2.37. The summed E-state index contributed by atoms with van der Waals surface area (Å²) in [5.41, 5.74) is 7.38. The van der Waals surface area contributed by atoms with Crippen molar-refractivity contribution in [2.45, 2.75) is 72.4 Å². The first kappa shape index (κ1) is 35.6. The van der Waals surface area contributed by atoms with Crippen LogP contribution in [0.4, 0.5) is 24.8 Å². The molecule has 0 saturated carbocycles. The van der Waals surface area contributed by atoms with Crippen molar-refractivity contribution in [3.63, 3.8) is 0 Å². The standard InChI is InChI=1S/C16H24F3N5.C10H10N2O.2C2H6/c17-16(18,19)15-21-13(23-7-1-2-8-23)11-14(22-15)24-9-4-12(3-6-20)5-10-24;11-7-10-3-1-9(2-4-10)5-6-12-8-13;2*1-2/h11-12H,1-10,20H2;1-4,8H,5-6H2,(H,12,13);2*1-2H3. The molecule has 1 amide bonds. The normalized spacial score (nSPS) is 14.8. The number of alkyl halides is 3. The average molecular weight is 578 g/mol. The van der Waals surface area contributed by atoms with Gasteiger partial charge in [-0.2, -0.15) is 18.4 Å². The van der Waals surface area contributed by atoms with Crippen molar-refractivity contribution in [1.82, 2.24) is 15.3 Å². The maximum atomic E-state index is 13.2. The number of halogens is 3. The van der Waals surface area contributed by atoms with Gasteiger partial charge < -0.3 is 20.9 Å². The Morgan fingerprint density at radius 2 is 1.54 bits per heavy atom. The van der Waals surface area contributed by atoms with Crippen LogP contribution in [0.3, 0.4) is 0 Å². The van der Waals surface area contributed by atoms with Gasteiger partial charge in [0.05, 0.1) is 11.6 Å². The lowest BCUT2D eigenvalue weighted by Gasteiger charge is -2.33. The van der Waals surface area contributed by atoms with Crippen LogP contribution in [0.25, 0.3) is 0 Å². The third-order valence-corrected chi connectivity index (χ3v) is 6.62. The summed E-state index contributed by atoms with van der Waals surface area (Å²) in [6.07, 6.45) is 1.81. The Kier molecular flexibility index (Phi) is 17.1. The van der Waals surface area contributed by atoms with Gasteiger partial charge in [0.25, 0.3) is 0 Å². The molecule has 3 heterocycles. The van der Waals surface area contributed by atoms with Crippen molar-refractivity contribution in [2.75, 3.05) is 49.1 Å². The highest BCUT2D eigenvalue weighted by Crippen LogP contribution is 2.32. The summed E-state index contributed by atoms with van der Waals surface area (Å²) in [6.45, 7) is 12.3. The van der Waals surface area contributed by atoms with E-state index in [4.69, 9.17) is 11.0 Å². The molecule has 0 spiro atoms. The SMILES string of the molecule is CC.CC.N#Cc1ccc(CCNC=O)cc1.NCCC1CCN(c2cc(N3CCCC3)nc(C(F)(F)F)n2)CC1. The number of benzene rings is 1. The zero-order valence-electron chi connectivity index (χ0n) is 24.9. The van der Waals surface area contributed by atoms with Gasteiger partial charge in [0.15, 0.2) is 0 Å². The van der Waals surface area contributed by atoms with Gasteiger partial charge in [-0.15, -0.1) is 0 Å². The number of nitrogens with one attached hydrogen (secondary N) is 1. The Bertz CT molecular complexity index is 1030. The second kappa shape index (κ2) is 19.6. The molecule has 1 aromatic heterocycles. The van der Waals surface area contributed by atoms with Gasteiger partial charge >= 0.3 is 6.18 Å². The molecule has 11 heteroatoms. The van der Waals surface area contributed by atoms with E-state index in [9.17, 15) is 18.0 Å². The minimum atomic E-state index is -4.53. The lowest BCUT2D eigenvalue weighted by Crippen LogP contribution is -2.35. The summed E-state index contributed by atoms with van der Waals surface area (Å²) in [7, 11) is 0. The van der Waals surface area contributed by atoms with Gasteiger partial charge in [-0.05, 0) is 68.7 Å². The highest BCUT2D eigenvalue weighted by atomic mass is 19.4. The molecule has 2 saturated heterocycles. The van der Waals surface area contributed by atoms with Crippen molar-refractivity contribution in [3.8, 4) is 6.07 Å². The largest absolute Gasteiger partial charge is 0.451 e. The van der Waals surface area contributed by atoms with Gasteiger partial charge in [-0.3, -0.25) is 4.79 Å². The van der Waals surface area contributed by atoms with Crippen LogP contribution in [-0.4, -0.2) is 55.6 Å². The van der Waals surface area contributed by atoms with E-state index < -0.39 is 12.0 Å². The number of piperidine rings is 1. The maximum absolute atomic E-state index is 13.2. The average Bonchev–Trinajstić information content (AvgIpc) is 3.55. The van der Waals surface area contributed by atoms with Crippen molar-refractivity contribution in [1.29, 1.82) is 5.26 Å². The fraction of sp³-hybridized carbons (Fsp3) is 0.600. The Hall–Kier alpha value is -3.39. The smallest absolute Gasteiger partial charge is 0.358 e. The highest BCUT2D eigenvalue weighted by molar-refractivity contribution is 5.52. The van der Waals surface area contributed by atoms with E-state index in [1.807, 2.05) is 55.7 Å². The van der Waals surface area contributed by atoms with E-state index in [-0.39, 0.29) is 0 Å². The number of hydrogen-bond donors (Lipinski definition) is 2. The van der Waals surface area contributed by atoms with Crippen molar-refractivity contribution >= 4 is 18.0 Å². The number of carbonyl (C=O) groups is 1. The molecule has 1 aromatic carbocycles. The lowest BCUT2D eigenvalue weighted by atomic mass is 9.94. The molecule has 2 fully saturated rings. The minimum absolute atomic E-state index is 0.394. The monoisotopic (exact) mass is 577 g/mol. The summed E-state index contributed by atoms with van der Waals surface area (Å²) in [5, 5.41) is 11.1. The number of rotatable bonds is 8. The van der Waals surface area contributed by atoms with Crippen LogP contribution in [0.1, 0.15) is 76.8 Å². The van der Waals surface area contributed by atoms with Gasteiger partial charge in [-0.25, -0.2) is 9.97 Å². The second-order valence-electron chi connectivity index (χ2n) is 9.24. The predicted molar refractivity (Wildman–Crippen MR) is 159 cm³/mol. The molecule has 2 aliphatic rings. The van der Waals surface area contributed by atoms with Crippen LogP contribution >= 0.6 is 0 Å². The number of aromatic nitrogens is 2. The number of nitrogens with two attached hydrogens (primary N) is 1. The van der Waals surface area contributed by atoms with Crippen molar-refractivity contribution in [3.05, 3.63) is 47.3 Å². The first-order valence-corrected chi connectivity index (χ1v) is 14.7. The van der Waals surface area contributed by atoms with Crippen LogP contribution in [0.2, 0.25) is 0 Å². The second-order valence-corrected chi connectivity index (χ2v) is 9.24. The molecule has 8 nitrogen and oxygen atoms in total. The third-order valence-electron chi connectivity index (χ3n) is 6.62. The summed E-state index contributed by atoms with van der Waals surface area (Å²) in [4.78, 5) is 21.4. The maximum Gasteiger partial charge on any atom is 0.451 e. The molecule has 0 radical (unpaired) electrons. The molecular weight excluding hydrogens is 531 g/mol. The number of carbonyl (C=O) groups excluding carboxylic acids is 1. The van der Waals surface area contributed by atoms with E-state index >= 15 is 0 Å². The van der Waals surface area contributed by atoms with Crippen LogP contribution in [0.15, 0.2) is 30.3 Å². The van der Waals surface area contributed by atoms with Crippen LogP contribution in [0.5, 0.6) is 0 Å². The Labute approximate surface area is 243 Å². The molecule has 4 rings (SSSR count). The molecule has 2 aliphatic heterocycles. The number of nitriles is 1. The molecule has 3 N–H and O–H groups in total. The van der Waals surface area contributed by atoms with Gasteiger partial charge in [-0.1, -0.05) is 39.8 Å².